The fraction of sp³-hybridized carbons (Fsp3) is 0.0800. The van der Waals surface area contributed by atoms with Crippen LogP contribution in [0.2, 0.25) is 10.0 Å². The minimum Gasteiger partial charge on any atom is -0.493 e. The zero-order valence-electron chi connectivity index (χ0n) is 19.7. The van der Waals surface area contributed by atoms with E-state index < -0.39 is 16.0 Å². The number of benzene rings is 3. The summed E-state index contributed by atoms with van der Waals surface area (Å²) in [5.74, 6) is -1.13. The molecule has 2 N–H and O–H groups in total. The predicted molar refractivity (Wildman–Crippen MR) is 148 cm³/mol. The van der Waals surface area contributed by atoms with Crippen LogP contribution in [0.5, 0.6) is 11.5 Å². The summed E-state index contributed by atoms with van der Waals surface area (Å²) in [5.41, 5.74) is 0.857. The van der Waals surface area contributed by atoms with Crippen molar-refractivity contribution in [2.45, 2.75) is 11.8 Å². The van der Waals surface area contributed by atoms with Crippen LogP contribution in [-0.2, 0) is 19.7 Å². The number of nitriles is 1. The standard InChI is InChI=1S/C25H18BrCl2N3O6S/c1-14(32)30-17-3-6-19(7-4-17)38(34,35)37-24-20(26)10-15(11-23(24)36-2)9-16(13-29)25(33)31-18-5-8-21(27)22(28)12-18/h3-12H,1-2H3,(H,30,32)(H,31,33)/b16-9+. The topological polar surface area (TPSA) is 135 Å². The van der Waals surface area contributed by atoms with Gasteiger partial charge < -0.3 is 19.6 Å². The summed E-state index contributed by atoms with van der Waals surface area (Å²) in [6, 6.07) is 14.6. The number of nitrogens with zero attached hydrogens (tertiary/aromatic N) is 1. The lowest BCUT2D eigenvalue weighted by molar-refractivity contribution is -0.114. The van der Waals surface area contributed by atoms with Gasteiger partial charge >= 0.3 is 10.1 Å². The van der Waals surface area contributed by atoms with E-state index in [4.69, 9.17) is 32.1 Å². The number of nitrogens with one attached hydrogen (secondary N) is 2. The molecule has 0 atom stereocenters. The third-order valence-corrected chi connectivity index (χ3v) is 7.33. The fourth-order valence-corrected chi connectivity index (χ4v) is 4.96. The number of rotatable bonds is 8. The molecule has 0 aliphatic carbocycles. The molecule has 13 heteroatoms. The van der Waals surface area contributed by atoms with E-state index >= 15 is 0 Å². The van der Waals surface area contributed by atoms with Gasteiger partial charge in [-0.05, 0) is 82.2 Å². The molecule has 0 saturated carbocycles. The Morgan fingerprint density at radius 2 is 1.66 bits per heavy atom. The van der Waals surface area contributed by atoms with Crippen molar-refractivity contribution in [1.29, 1.82) is 5.26 Å². The fourth-order valence-electron chi connectivity index (χ4n) is 3.06. The van der Waals surface area contributed by atoms with Crippen molar-refractivity contribution in [3.8, 4) is 17.6 Å². The van der Waals surface area contributed by atoms with Crippen LogP contribution in [-0.4, -0.2) is 27.3 Å². The summed E-state index contributed by atoms with van der Waals surface area (Å²) in [7, 11) is -2.98. The van der Waals surface area contributed by atoms with E-state index in [1.807, 2.05) is 6.07 Å². The lowest BCUT2D eigenvalue weighted by atomic mass is 10.1. The van der Waals surface area contributed by atoms with Crippen LogP contribution in [0.15, 0.2) is 69.5 Å². The summed E-state index contributed by atoms with van der Waals surface area (Å²) >= 11 is 15.1. The van der Waals surface area contributed by atoms with Gasteiger partial charge in [0.25, 0.3) is 5.91 Å². The van der Waals surface area contributed by atoms with Gasteiger partial charge in [0.15, 0.2) is 11.5 Å². The molecule has 0 saturated heterocycles. The SMILES string of the molecule is COc1cc(/C=C(\C#N)C(=O)Nc2ccc(Cl)c(Cl)c2)cc(Br)c1OS(=O)(=O)c1ccc(NC(C)=O)cc1. The van der Waals surface area contributed by atoms with Gasteiger partial charge in [0.1, 0.15) is 16.5 Å². The van der Waals surface area contributed by atoms with E-state index in [9.17, 15) is 23.3 Å². The largest absolute Gasteiger partial charge is 0.493 e. The Bertz CT molecular complexity index is 1590. The molecule has 3 aromatic carbocycles. The number of methoxy groups -OCH3 is 1. The summed E-state index contributed by atoms with van der Waals surface area (Å²) in [6.07, 6.45) is 1.29. The van der Waals surface area contributed by atoms with Crippen LogP contribution >= 0.6 is 39.1 Å². The molecule has 3 aromatic rings. The van der Waals surface area contributed by atoms with E-state index in [0.29, 0.717) is 22.0 Å². The Morgan fingerprint density at radius 3 is 2.24 bits per heavy atom. The van der Waals surface area contributed by atoms with E-state index in [2.05, 4.69) is 26.6 Å². The van der Waals surface area contributed by atoms with Crippen LogP contribution in [0.4, 0.5) is 11.4 Å². The summed E-state index contributed by atoms with van der Waals surface area (Å²) in [5, 5.41) is 15.2. The van der Waals surface area contributed by atoms with Crippen molar-refractivity contribution < 1.29 is 26.9 Å². The number of amides is 2. The smallest absolute Gasteiger partial charge is 0.339 e. The van der Waals surface area contributed by atoms with Crippen LogP contribution in [0.25, 0.3) is 6.08 Å². The molecule has 9 nitrogen and oxygen atoms in total. The van der Waals surface area contributed by atoms with Gasteiger partial charge in [-0.1, -0.05) is 23.2 Å². The van der Waals surface area contributed by atoms with Crippen molar-refractivity contribution in [3.63, 3.8) is 0 Å². The average molecular weight is 639 g/mol. The van der Waals surface area contributed by atoms with E-state index in [1.165, 1.54) is 74.7 Å². The maximum absolute atomic E-state index is 12.9. The molecule has 0 aromatic heterocycles. The van der Waals surface area contributed by atoms with E-state index in [-0.39, 0.29) is 37.4 Å². The molecule has 0 unspecified atom stereocenters. The average Bonchev–Trinajstić information content (AvgIpc) is 2.86. The van der Waals surface area contributed by atoms with Gasteiger partial charge in [0.05, 0.1) is 21.6 Å². The van der Waals surface area contributed by atoms with Crippen molar-refractivity contribution in [2.24, 2.45) is 0 Å². The molecule has 196 valence electrons. The normalized spacial score (nSPS) is 11.3. The molecule has 0 fully saturated rings. The number of ether oxygens (including phenoxy) is 1. The number of anilines is 2. The molecular formula is C25H18BrCl2N3O6S. The van der Waals surface area contributed by atoms with Gasteiger partial charge in [-0.25, -0.2) is 0 Å². The van der Waals surface area contributed by atoms with Crippen molar-refractivity contribution in [2.75, 3.05) is 17.7 Å². The molecule has 0 bridgehead atoms. The molecule has 3 rings (SSSR count). The quantitative estimate of drug-likeness (QED) is 0.175. The molecule has 0 heterocycles. The van der Waals surface area contributed by atoms with Crippen LogP contribution < -0.4 is 19.6 Å². The second-order valence-corrected chi connectivity index (χ2v) is 10.7. The Labute approximate surface area is 237 Å². The first-order valence-electron chi connectivity index (χ1n) is 10.5. The summed E-state index contributed by atoms with van der Waals surface area (Å²) in [6.45, 7) is 1.33. The Morgan fingerprint density at radius 1 is 1.00 bits per heavy atom. The van der Waals surface area contributed by atoms with E-state index in [0.717, 1.165) is 0 Å². The highest BCUT2D eigenvalue weighted by molar-refractivity contribution is 9.10. The first-order chi connectivity index (χ1) is 17.9. The molecule has 2 amide bonds. The monoisotopic (exact) mass is 637 g/mol. The third kappa shape index (κ3) is 7.26. The highest BCUT2D eigenvalue weighted by Crippen LogP contribution is 2.39. The van der Waals surface area contributed by atoms with Crippen molar-refractivity contribution in [3.05, 3.63) is 80.3 Å². The zero-order valence-corrected chi connectivity index (χ0v) is 23.6. The van der Waals surface area contributed by atoms with Crippen LogP contribution in [0, 0.1) is 11.3 Å². The Balaban J connectivity index is 1.87. The maximum Gasteiger partial charge on any atom is 0.339 e. The molecule has 0 radical (unpaired) electrons. The Hall–Kier alpha value is -3.56. The van der Waals surface area contributed by atoms with Gasteiger partial charge in [-0.3, -0.25) is 9.59 Å². The molecule has 0 aliphatic heterocycles. The minimum atomic E-state index is -4.28. The lowest BCUT2D eigenvalue weighted by Crippen LogP contribution is -2.13. The summed E-state index contributed by atoms with van der Waals surface area (Å²) in [4.78, 5) is 23.6. The van der Waals surface area contributed by atoms with Gasteiger partial charge in [-0.15, -0.1) is 0 Å². The molecule has 0 aliphatic rings. The predicted octanol–water partition coefficient (Wildman–Crippen LogP) is 6.04. The van der Waals surface area contributed by atoms with Gasteiger partial charge in [0, 0.05) is 18.3 Å². The van der Waals surface area contributed by atoms with Crippen LogP contribution in [0.1, 0.15) is 12.5 Å². The van der Waals surface area contributed by atoms with Crippen molar-refractivity contribution in [1.82, 2.24) is 0 Å². The summed E-state index contributed by atoms with van der Waals surface area (Å²) < 4.78 is 36.5. The number of halogens is 3. The maximum atomic E-state index is 12.9. The van der Waals surface area contributed by atoms with Crippen molar-refractivity contribution >= 4 is 78.5 Å². The highest BCUT2D eigenvalue weighted by atomic mass is 79.9. The first kappa shape index (κ1) is 29.0. The second kappa shape index (κ2) is 12.3. The first-order valence-corrected chi connectivity index (χ1v) is 13.5. The number of hydrogen-bond donors (Lipinski definition) is 2. The highest BCUT2D eigenvalue weighted by Gasteiger charge is 2.22. The van der Waals surface area contributed by atoms with Gasteiger partial charge in [0.2, 0.25) is 5.91 Å². The third-order valence-electron chi connectivity index (χ3n) is 4.76. The molecule has 0 spiro atoms. The molecular weight excluding hydrogens is 621 g/mol. The second-order valence-electron chi connectivity index (χ2n) is 7.53. The number of hydrogen-bond acceptors (Lipinski definition) is 7. The zero-order chi connectivity index (χ0) is 28.0. The van der Waals surface area contributed by atoms with Crippen LogP contribution in [0.3, 0.4) is 0 Å². The Kier molecular flexibility index (Phi) is 9.40. The van der Waals surface area contributed by atoms with Gasteiger partial charge in [-0.2, -0.15) is 13.7 Å². The van der Waals surface area contributed by atoms with E-state index in [1.54, 1.807) is 0 Å². The number of carbonyl (C=O) groups excluding carboxylic acids is 2. The lowest BCUT2D eigenvalue weighted by Gasteiger charge is -2.14. The minimum absolute atomic E-state index is 0.0197. The number of carbonyl (C=O) groups is 2. The molecule has 38 heavy (non-hydrogen) atoms.